The molecular weight excluding hydrogens is 226 g/mol. The molecule has 0 aliphatic carbocycles. The summed E-state index contributed by atoms with van der Waals surface area (Å²) < 4.78 is 0. The van der Waals surface area contributed by atoms with Gasteiger partial charge in [0.25, 0.3) is 0 Å². The SMILES string of the molecule is CC(C)(C)/C=C/C(=O)NC(CO)c1ccccc1. The molecule has 1 amide bonds. The number of rotatable bonds is 4. The first kappa shape index (κ1) is 14.5. The van der Waals surface area contributed by atoms with Gasteiger partial charge >= 0.3 is 0 Å². The highest BCUT2D eigenvalue weighted by Crippen LogP contribution is 2.15. The molecule has 1 aromatic carbocycles. The van der Waals surface area contributed by atoms with E-state index in [1.807, 2.05) is 57.2 Å². The van der Waals surface area contributed by atoms with Gasteiger partial charge in [-0.25, -0.2) is 0 Å². The number of hydrogen-bond acceptors (Lipinski definition) is 2. The third-order valence-corrected chi connectivity index (χ3v) is 2.44. The highest BCUT2D eigenvalue weighted by atomic mass is 16.3. The standard InChI is InChI=1S/C15H21NO2/c1-15(2,3)10-9-14(18)16-13(11-17)12-7-5-4-6-8-12/h4-10,13,17H,11H2,1-3H3,(H,16,18)/b10-9+. The summed E-state index contributed by atoms with van der Waals surface area (Å²) in [5, 5.41) is 12.1. The molecule has 3 nitrogen and oxygen atoms in total. The van der Waals surface area contributed by atoms with Crippen molar-refractivity contribution in [2.75, 3.05) is 6.61 Å². The first-order valence-corrected chi connectivity index (χ1v) is 6.08. The van der Waals surface area contributed by atoms with Gasteiger partial charge in [0.1, 0.15) is 0 Å². The van der Waals surface area contributed by atoms with Gasteiger partial charge in [0.05, 0.1) is 12.6 Å². The summed E-state index contributed by atoms with van der Waals surface area (Å²) in [5.41, 5.74) is 0.872. The van der Waals surface area contributed by atoms with Gasteiger partial charge in [-0.3, -0.25) is 4.79 Å². The first-order chi connectivity index (χ1) is 8.42. The zero-order chi connectivity index (χ0) is 13.6. The van der Waals surface area contributed by atoms with Crippen molar-refractivity contribution in [2.24, 2.45) is 5.41 Å². The maximum absolute atomic E-state index is 11.7. The van der Waals surface area contributed by atoms with E-state index in [1.54, 1.807) is 0 Å². The molecule has 0 saturated carbocycles. The number of carbonyl (C=O) groups is 1. The van der Waals surface area contributed by atoms with Crippen LogP contribution in [0.4, 0.5) is 0 Å². The molecule has 0 aliphatic heterocycles. The van der Waals surface area contributed by atoms with Gasteiger partial charge in [0.2, 0.25) is 5.91 Å². The molecule has 0 bridgehead atoms. The Kier molecular flexibility index (Phi) is 5.10. The van der Waals surface area contributed by atoms with Gasteiger partial charge in [-0.05, 0) is 17.1 Å². The molecule has 0 aromatic heterocycles. The minimum absolute atomic E-state index is 0.0290. The molecule has 1 unspecified atom stereocenters. The molecule has 1 rings (SSSR count). The minimum atomic E-state index is -0.358. The third-order valence-electron chi connectivity index (χ3n) is 2.44. The summed E-state index contributed by atoms with van der Waals surface area (Å²) in [5.74, 6) is -0.187. The smallest absolute Gasteiger partial charge is 0.244 e. The van der Waals surface area contributed by atoms with Crippen LogP contribution in [0.5, 0.6) is 0 Å². The molecule has 1 atom stereocenters. The fourth-order valence-corrected chi connectivity index (χ4v) is 1.47. The van der Waals surface area contributed by atoms with Crippen LogP contribution in [0.2, 0.25) is 0 Å². The maximum Gasteiger partial charge on any atom is 0.244 e. The Morgan fingerprint density at radius 2 is 1.94 bits per heavy atom. The zero-order valence-electron chi connectivity index (χ0n) is 11.2. The zero-order valence-corrected chi connectivity index (χ0v) is 11.2. The predicted molar refractivity (Wildman–Crippen MR) is 73.0 cm³/mol. The molecule has 0 aliphatic rings. The molecule has 0 fully saturated rings. The summed E-state index contributed by atoms with van der Waals surface area (Å²) >= 11 is 0. The van der Waals surface area contributed by atoms with E-state index in [0.717, 1.165) is 5.56 Å². The topological polar surface area (TPSA) is 49.3 Å². The largest absolute Gasteiger partial charge is 0.394 e. The van der Waals surface area contributed by atoms with Crippen LogP contribution in [0.15, 0.2) is 42.5 Å². The number of hydrogen-bond donors (Lipinski definition) is 2. The number of benzene rings is 1. The second kappa shape index (κ2) is 6.36. The molecule has 0 spiro atoms. The van der Waals surface area contributed by atoms with E-state index in [9.17, 15) is 9.90 Å². The van der Waals surface area contributed by atoms with Crippen molar-refractivity contribution in [3.8, 4) is 0 Å². The highest BCUT2D eigenvalue weighted by molar-refractivity contribution is 5.87. The summed E-state index contributed by atoms with van der Waals surface area (Å²) in [7, 11) is 0. The molecule has 3 heteroatoms. The molecule has 18 heavy (non-hydrogen) atoms. The van der Waals surface area contributed by atoms with Crippen molar-refractivity contribution in [2.45, 2.75) is 26.8 Å². The van der Waals surface area contributed by atoms with E-state index in [1.165, 1.54) is 6.08 Å². The van der Waals surface area contributed by atoms with Crippen LogP contribution in [0, 0.1) is 5.41 Å². The Hall–Kier alpha value is -1.61. The van der Waals surface area contributed by atoms with Crippen LogP contribution in [0.25, 0.3) is 0 Å². The van der Waals surface area contributed by atoms with Crippen LogP contribution < -0.4 is 5.32 Å². The number of amides is 1. The van der Waals surface area contributed by atoms with Crippen molar-refractivity contribution in [3.05, 3.63) is 48.0 Å². The van der Waals surface area contributed by atoms with Gasteiger partial charge in [-0.1, -0.05) is 57.2 Å². The van der Waals surface area contributed by atoms with Gasteiger partial charge in [-0.2, -0.15) is 0 Å². The molecule has 98 valence electrons. The lowest BCUT2D eigenvalue weighted by atomic mass is 9.96. The fraction of sp³-hybridized carbons (Fsp3) is 0.400. The monoisotopic (exact) mass is 247 g/mol. The van der Waals surface area contributed by atoms with Crippen LogP contribution in [-0.4, -0.2) is 17.6 Å². The summed E-state index contributed by atoms with van der Waals surface area (Å²) in [6.07, 6.45) is 3.37. The van der Waals surface area contributed by atoms with E-state index < -0.39 is 0 Å². The van der Waals surface area contributed by atoms with Crippen molar-refractivity contribution in [1.29, 1.82) is 0 Å². The number of aliphatic hydroxyl groups excluding tert-OH is 1. The summed E-state index contributed by atoms with van der Waals surface area (Å²) in [6, 6.07) is 9.08. The lowest BCUT2D eigenvalue weighted by Gasteiger charge is -2.16. The molecule has 0 saturated heterocycles. The maximum atomic E-state index is 11.7. The van der Waals surface area contributed by atoms with E-state index in [4.69, 9.17) is 0 Å². The number of carbonyl (C=O) groups excluding carboxylic acids is 1. The molecule has 0 heterocycles. The lowest BCUT2D eigenvalue weighted by molar-refractivity contribution is -0.117. The van der Waals surface area contributed by atoms with Crippen LogP contribution in [0.3, 0.4) is 0 Å². The number of allylic oxidation sites excluding steroid dienone is 1. The van der Waals surface area contributed by atoms with Gasteiger partial charge in [0, 0.05) is 0 Å². The van der Waals surface area contributed by atoms with Crippen molar-refractivity contribution >= 4 is 5.91 Å². The van der Waals surface area contributed by atoms with Crippen LogP contribution in [-0.2, 0) is 4.79 Å². The predicted octanol–water partition coefficient (Wildman–Crippen LogP) is 2.44. The second-order valence-corrected chi connectivity index (χ2v) is 5.35. The Morgan fingerprint density at radius 1 is 1.33 bits per heavy atom. The van der Waals surface area contributed by atoms with Crippen LogP contribution in [0.1, 0.15) is 32.4 Å². The second-order valence-electron chi connectivity index (χ2n) is 5.35. The highest BCUT2D eigenvalue weighted by Gasteiger charge is 2.12. The molecular formula is C15H21NO2. The Labute approximate surface area is 109 Å². The average Bonchev–Trinajstić information content (AvgIpc) is 2.33. The van der Waals surface area contributed by atoms with Gasteiger partial charge in [-0.15, -0.1) is 0 Å². The number of aliphatic hydroxyl groups is 1. The van der Waals surface area contributed by atoms with Gasteiger partial charge in [0.15, 0.2) is 0 Å². The molecule has 1 aromatic rings. The average molecular weight is 247 g/mol. The Morgan fingerprint density at radius 3 is 2.44 bits per heavy atom. The van der Waals surface area contributed by atoms with E-state index in [2.05, 4.69) is 5.32 Å². The van der Waals surface area contributed by atoms with E-state index in [0.29, 0.717) is 0 Å². The third kappa shape index (κ3) is 5.15. The number of nitrogens with one attached hydrogen (secondary N) is 1. The van der Waals surface area contributed by atoms with E-state index in [-0.39, 0.29) is 24.0 Å². The van der Waals surface area contributed by atoms with Crippen LogP contribution >= 0.6 is 0 Å². The van der Waals surface area contributed by atoms with Crippen molar-refractivity contribution in [1.82, 2.24) is 5.32 Å². The van der Waals surface area contributed by atoms with Gasteiger partial charge < -0.3 is 10.4 Å². The Balaban J connectivity index is 2.65. The fourth-order valence-electron chi connectivity index (χ4n) is 1.47. The van der Waals surface area contributed by atoms with Crippen molar-refractivity contribution in [3.63, 3.8) is 0 Å². The normalized spacial score (nSPS) is 13.6. The lowest BCUT2D eigenvalue weighted by Crippen LogP contribution is -2.29. The Bertz CT molecular complexity index is 404. The van der Waals surface area contributed by atoms with Crippen molar-refractivity contribution < 1.29 is 9.90 Å². The molecule has 2 N–H and O–H groups in total. The summed E-state index contributed by atoms with van der Waals surface area (Å²) in [4.78, 5) is 11.7. The minimum Gasteiger partial charge on any atom is -0.394 e. The quantitative estimate of drug-likeness (QED) is 0.803. The summed E-state index contributed by atoms with van der Waals surface area (Å²) in [6.45, 7) is 5.96. The molecule has 0 radical (unpaired) electrons. The van der Waals surface area contributed by atoms with E-state index >= 15 is 0 Å². The first-order valence-electron chi connectivity index (χ1n) is 6.08.